The summed E-state index contributed by atoms with van der Waals surface area (Å²) in [5.74, 6) is -0.155. The molecule has 0 heterocycles. The van der Waals surface area contributed by atoms with Crippen molar-refractivity contribution in [1.29, 1.82) is 5.26 Å². The van der Waals surface area contributed by atoms with Gasteiger partial charge in [0.25, 0.3) is 5.91 Å². The third kappa shape index (κ3) is 4.32. The second-order valence-corrected chi connectivity index (χ2v) is 5.04. The molecule has 0 bridgehead atoms. The van der Waals surface area contributed by atoms with Crippen LogP contribution in [-0.2, 0) is 6.54 Å². The number of primary amides is 1. The number of nitrogens with two attached hydrogens (primary N) is 1. The highest BCUT2D eigenvalue weighted by Gasteiger charge is 2.12. The zero-order valence-electron chi connectivity index (χ0n) is 12.6. The van der Waals surface area contributed by atoms with Crippen LogP contribution in [0.2, 0.25) is 0 Å². The zero-order chi connectivity index (χ0) is 16.8. The number of amides is 3. The third-order valence-corrected chi connectivity index (χ3v) is 3.22. The summed E-state index contributed by atoms with van der Waals surface area (Å²) in [4.78, 5) is 24.7. The molecular weight excluding hydrogens is 292 g/mol. The lowest BCUT2D eigenvalue weighted by molar-refractivity contribution is 0.0785. The largest absolute Gasteiger partial charge is 0.351 e. The molecule has 0 fully saturated rings. The highest BCUT2D eigenvalue weighted by molar-refractivity contribution is 5.95. The van der Waals surface area contributed by atoms with Gasteiger partial charge in [0.05, 0.1) is 11.6 Å². The van der Waals surface area contributed by atoms with Crippen molar-refractivity contribution in [3.8, 4) is 6.07 Å². The summed E-state index contributed by atoms with van der Waals surface area (Å²) >= 11 is 0. The van der Waals surface area contributed by atoms with Gasteiger partial charge in [-0.1, -0.05) is 12.1 Å². The fourth-order valence-electron chi connectivity index (χ4n) is 2.14. The van der Waals surface area contributed by atoms with E-state index in [1.54, 1.807) is 54.4 Å². The minimum absolute atomic E-state index is 0.155. The molecule has 0 spiro atoms. The van der Waals surface area contributed by atoms with E-state index in [-0.39, 0.29) is 5.91 Å². The van der Waals surface area contributed by atoms with Crippen LogP contribution < -0.4 is 11.1 Å². The number of nitrogens with one attached hydrogen (secondary N) is 1. The van der Waals surface area contributed by atoms with E-state index in [0.717, 1.165) is 5.56 Å². The van der Waals surface area contributed by atoms with Crippen molar-refractivity contribution in [3.63, 3.8) is 0 Å². The highest BCUT2D eigenvalue weighted by Crippen LogP contribution is 2.13. The van der Waals surface area contributed by atoms with Crippen molar-refractivity contribution in [2.24, 2.45) is 5.73 Å². The predicted molar refractivity (Wildman–Crippen MR) is 86.6 cm³/mol. The Labute approximate surface area is 134 Å². The SMILES string of the molecule is CN(Cc1cccc(C#N)c1)C(=O)c1ccc(NC(N)=O)cc1. The van der Waals surface area contributed by atoms with Gasteiger partial charge in [-0.15, -0.1) is 0 Å². The van der Waals surface area contributed by atoms with Crippen molar-refractivity contribution in [2.45, 2.75) is 6.54 Å². The molecule has 3 amide bonds. The standard InChI is InChI=1S/C17H16N4O2/c1-21(11-13-4-2-3-12(9-13)10-18)16(22)14-5-7-15(8-6-14)20-17(19)23/h2-9H,11H2,1H3,(H3,19,20,23). The van der Waals surface area contributed by atoms with Gasteiger partial charge in [0.15, 0.2) is 0 Å². The number of carbonyl (C=O) groups is 2. The smallest absolute Gasteiger partial charge is 0.316 e. The van der Waals surface area contributed by atoms with Crippen molar-refractivity contribution in [1.82, 2.24) is 4.90 Å². The Kier molecular flexibility index (Phi) is 4.95. The molecule has 6 heteroatoms. The quantitative estimate of drug-likeness (QED) is 0.906. The van der Waals surface area contributed by atoms with Gasteiger partial charge in [-0.2, -0.15) is 5.26 Å². The Morgan fingerprint density at radius 2 is 1.91 bits per heavy atom. The Balaban J connectivity index is 2.07. The maximum atomic E-state index is 12.4. The molecule has 0 aliphatic heterocycles. The maximum absolute atomic E-state index is 12.4. The molecule has 0 aromatic heterocycles. The molecule has 3 N–H and O–H groups in total. The number of hydrogen-bond donors (Lipinski definition) is 2. The summed E-state index contributed by atoms with van der Waals surface area (Å²) in [6.07, 6.45) is 0. The van der Waals surface area contributed by atoms with Crippen molar-refractivity contribution < 1.29 is 9.59 Å². The van der Waals surface area contributed by atoms with Gasteiger partial charge in [-0.25, -0.2) is 4.79 Å². The first-order valence-electron chi connectivity index (χ1n) is 6.90. The van der Waals surface area contributed by atoms with Crippen molar-refractivity contribution in [3.05, 3.63) is 65.2 Å². The summed E-state index contributed by atoms with van der Waals surface area (Å²) in [7, 11) is 1.69. The third-order valence-electron chi connectivity index (χ3n) is 3.22. The number of hydrogen-bond acceptors (Lipinski definition) is 3. The van der Waals surface area contributed by atoms with E-state index >= 15 is 0 Å². The zero-order valence-corrected chi connectivity index (χ0v) is 12.6. The molecule has 116 valence electrons. The molecule has 2 rings (SSSR count). The molecule has 0 saturated heterocycles. The second-order valence-electron chi connectivity index (χ2n) is 5.04. The minimum atomic E-state index is -0.654. The lowest BCUT2D eigenvalue weighted by Crippen LogP contribution is -2.26. The Morgan fingerprint density at radius 1 is 1.22 bits per heavy atom. The molecule has 2 aromatic rings. The van der Waals surface area contributed by atoms with E-state index in [2.05, 4.69) is 11.4 Å². The maximum Gasteiger partial charge on any atom is 0.316 e. The first kappa shape index (κ1) is 16.0. The van der Waals surface area contributed by atoms with E-state index in [9.17, 15) is 9.59 Å². The van der Waals surface area contributed by atoms with E-state index in [1.807, 2.05) is 6.07 Å². The Hall–Kier alpha value is -3.33. The number of carbonyl (C=O) groups excluding carboxylic acids is 2. The first-order chi connectivity index (χ1) is 11.0. The fraction of sp³-hybridized carbons (Fsp3) is 0.118. The molecule has 23 heavy (non-hydrogen) atoms. The highest BCUT2D eigenvalue weighted by atomic mass is 16.2. The van der Waals surface area contributed by atoms with Gasteiger partial charge in [0, 0.05) is 24.8 Å². The van der Waals surface area contributed by atoms with Crippen LogP contribution in [-0.4, -0.2) is 23.9 Å². The van der Waals surface area contributed by atoms with Crippen LogP contribution in [0.15, 0.2) is 48.5 Å². The van der Waals surface area contributed by atoms with Crippen LogP contribution >= 0.6 is 0 Å². The Bertz CT molecular complexity index is 763. The van der Waals surface area contributed by atoms with Crippen molar-refractivity contribution >= 4 is 17.6 Å². The number of nitrogens with zero attached hydrogens (tertiary/aromatic N) is 2. The predicted octanol–water partition coefficient (Wildman–Crippen LogP) is 2.32. The molecule has 0 radical (unpaired) electrons. The van der Waals surface area contributed by atoms with E-state index < -0.39 is 6.03 Å². The van der Waals surface area contributed by atoms with Crippen LogP contribution in [0.5, 0.6) is 0 Å². The topological polar surface area (TPSA) is 99.2 Å². The lowest BCUT2D eigenvalue weighted by atomic mass is 10.1. The van der Waals surface area contributed by atoms with Gasteiger partial charge < -0.3 is 16.0 Å². The average molecular weight is 308 g/mol. The number of benzene rings is 2. The molecule has 0 aliphatic rings. The molecular formula is C17H16N4O2. The fourth-order valence-corrected chi connectivity index (χ4v) is 2.14. The van der Waals surface area contributed by atoms with E-state index in [4.69, 9.17) is 11.0 Å². The van der Waals surface area contributed by atoms with E-state index in [0.29, 0.717) is 23.4 Å². The van der Waals surface area contributed by atoms with Crippen LogP contribution in [0.25, 0.3) is 0 Å². The van der Waals surface area contributed by atoms with Gasteiger partial charge >= 0.3 is 6.03 Å². The summed E-state index contributed by atoms with van der Waals surface area (Å²) in [6.45, 7) is 0.398. The summed E-state index contributed by atoms with van der Waals surface area (Å²) < 4.78 is 0. The van der Waals surface area contributed by atoms with Gasteiger partial charge in [0.2, 0.25) is 0 Å². The van der Waals surface area contributed by atoms with E-state index in [1.165, 1.54) is 0 Å². The molecule has 0 atom stereocenters. The van der Waals surface area contributed by atoms with Gasteiger partial charge in [0.1, 0.15) is 0 Å². The van der Waals surface area contributed by atoms with Crippen LogP contribution in [0.4, 0.5) is 10.5 Å². The van der Waals surface area contributed by atoms with Crippen LogP contribution in [0, 0.1) is 11.3 Å². The minimum Gasteiger partial charge on any atom is -0.351 e. The molecule has 0 unspecified atom stereocenters. The number of nitriles is 1. The summed E-state index contributed by atoms with van der Waals surface area (Å²) in [6, 6.07) is 15.0. The Morgan fingerprint density at radius 3 is 2.52 bits per heavy atom. The average Bonchev–Trinajstić information content (AvgIpc) is 2.54. The number of rotatable bonds is 4. The first-order valence-corrected chi connectivity index (χ1v) is 6.90. The monoisotopic (exact) mass is 308 g/mol. The summed E-state index contributed by atoms with van der Waals surface area (Å²) in [5, 5.41) is 11.3. The van der Waals surface area contributed by atoms with Crippen LogP contribution in [0.1, 0.15) is 21.5 Å². The molecule has 0 aliphatic carbocycles. The summed E-state index contributed by atoms with van der Waals surface area (Å²) in [5.41, 5.74) is 7.50. The molecule has 0 saturated carbocycles. The van der Waals surface area contributed by atoms with Crippen molar-refractivity contribution in [2.75, 3.05) is 12.4 Å². The lowest BCUT2D eigenvalue weighted by Gasteiger charge is -2.17. The van der Waals surface area contributed by atoms with Gasteiger partial charge in [-0.05, 0) is 42.0 Å². The van der Waals surface area contributed by atoms with Gasteiger partial charge in [-0.3, -0.25) is 4.79 Å². The molecule has 2 aromatic carbocycles. The second kappa shape index (κ2) is 7.09. The molecule has 6 nitrogen and oxygen atoms in total. The number of urea groups is 1. The van der Waals surface area contributed by atoms with Crippen LogP contribution in [0.3, 0.4) is 0 Å². The normalized spacial score (nSPS) is 9.74. The number of anilines is 1.